The molecule has 0 nitrogen and oxygen atoms in total. The molecule has 0 aliphatic carbocycles. The molecule has 0 heteroatoms. The van der Waals surface area contributed by atoms with Crippen LogP contribution in [0.25, 0.3) is 0 Å². The van der Waals surface area contributed by atoms with Crippen molar-refractivity contribution in [3.05, 3.63) is 35.9 Å². The summed E-state index contributed by atoms with van der Waals surface area (Å²) in [5.74, 6) is 0.798. The summed E-state index contributed by atoms with van der Waals surface area (Å²) in [6.07, 6.45) is 15.4. The highest BCUT2D eigenvalue weighted by molar-refractivity contribution is 5.19. The Morgan fingerprint density at radius 3 is 1.85 bits per heavy atom. The van der Waals surface area contributed by atoms with Gasteiger partial charge in [0.2, 0.25) is 0 Å². The van der Waals surface area contributed by atoms with Gasteiger partial charge in [-0.15, -0.1) is 0 Å². The fourth-order valence-corrected chi connectivity index (χ4v) is 3.00. The van der Waals surface area contributed by atoms with Crippen LogP contribution in [0.5, 0.6) is 0 Å². The fraction of sp³-hybridized carbons (Fsp3) is 0.700. The van der Waals surface area contributed by atoms with Gasteiger partial charge >= 0.3 is 0 Å². The summed E-state index contributed by atoms with van der Waals surface area (Å²) in [4.78, 5) is 0. The van der Waals surface area contributed by atoms with Gasteiger partial charge in [-0.3, -0.25) is 0 Å². The van der Waals surface area contributed by atoms with Crippen LogP contribution in [0.3, 0.4) is 0 Å². The summed E-state index contributed by atoms with van der Waals surface area (Å²) in [6.45, 7) is 4.59. The summed E-state index contributed by atoms with van der Waals surface area (Å²) in [6, 6.07) is 11.2. The van der Waals surface area contributed by atoms with E-state index in [0.717, 1.165) is 5.92 Å². The van der Waals surface area contributed by atoms with E-state index in [1.165, 1.54) is 70.6 Å². The molecule has 0 fully saturated rings. The highest BCUT2D eigenvalue weighted by Crippen LogP contribution is 2.28. The third kappa shape index (κ3) is 7.72. The van der Waals surface area contributed by atoms with Crippen LogP contribution in [0.1, 0.15) is 96.0 Å². The molecule has 114 valence electrons. The summed E-state index contributed by atoms with van der Waals surface area (Å²) < 4.78 is 0. The quantitative estimate of drug-likeness (QED) is 0.356. The molecule has 1 unspecified atom stereocenters. The van der Waals surface area contributed by atoms with Crippen LogP contribution < -0.4 is 0 Å². The maximum absolute atomic E-state index is 2.32. The van der Waals surface area contributed by atoms with E-state index in [2.05, 4.69) is 44.2 Å². The minimum absolute atomic E-state index is 0.798. The van der Waals surface area contributed by atoms with Crippen molar-refractivity contribution >= 4 is 0 Å². The van der Waals surface area contributed by atoms with Crippen LogP contribution in [0.2, 0.25) is 0 Å². The number of benzene rings is 1. The second-order valence-corrected chi connectivity index (χ2v) is 6.16. The van der Waals surface area contributed by atoms with Gasteiger partial charge in [-0.25, -0.2) is 0 Å². The number of hydrogen-bond donors (Lipinski definition) is 0. The minimum Gasteiger partial charge on any atom is -0.0654 e. The van der Waals surface area contributed by atoms with E-state index in [1.54, 1.807) is 5.56 Å². The molecule has 0 saturated heterocycles. The minimum atomic E-state index is 0.798. The summed E-state index contributed by atoms with van der Waals surface area (Å²) in [5.41, 5.74) is 1.56. The van der Waals surface area contributed by atoms with Crippen molar-refractivity contribution in [3.63, 3.8) is 0 Å². The van der Waals surface area contributed by atoms with Crippen LogP contribution in [-0.4, -0.2) is 0 Å². The molecule has 0 N–H and O–H groups in total. The smallest absolute Gasteiger partial charge is 0.0162 e. The highest BCUT2D eigenvalue weighted by Gasteiger charge is 2.10. The predicted molar refractivity (Wildman–Crippen MR) is 91.3 cm³/mol. The average Bonchev–Trinajstić information content (AvgIpc) is 2.50. The topological polar surface area (TPSA) is 0 Å². The Kier molecular flexibility index (Phi) is 10.4. The lowest BCUT2D eigenvalue weighted by Crippen LogP contribution is -1.99. The van der Waals surface area contributed by atoms with Gasteiger partial charge in [-0.1, -0.05) is 102 Å². The van der Waals surface area contributed by atoms with Crippen LogP contribution >= 0.6 is 0 Å². The van der Waals surface area contributed by atoms with Gasteiger partial charge in [-0.05, 0) is 24.3 Å². The van der Waals surface area contributed by atoms with Crippen molar-refractivity contribution in [3.8, 4) is 0 Å². The van der Waals surface area contributed by atoms with Crippen LogP contribution in [0.4, 0.5) is 0 Å². The van der Waals surface area contributed by atoms with Gasteiger partial charge in [0, 0.05) is 0 Å². The number of hydrogen-bond acceptors (Lipinski definition) is 0. The van der Waals surface area contributed by atoms with Gasteiger partial charge in [0.15, 0.2) is 0 Å². The molecule has 20 heavy (non-hydrogen) atoms. The van der Waals surface area contributed by atoms with Crippen molar-refractivity contribution in [2.24, 2.45) is 0 Å². The molecule has 0 bridgehead atoms. The summed E-state index contributed by atoms with van der Waals surface area (Å²) in [5, 5.41) is 0. The van der Waals surface area contributed by atoms with Crippen LogP contribution in [-0.2, 0) is 0 Å². The maximum atomic E-state index is 2.32. The first-order valence-electron chi connectivity index (χ1n) is 8.93. The molecule has 0 aromatic heterocycles. The van der Waals surface area contributed by atoms with Crippen LogP contribution in [0, 0.1) is 0 Å². The van der Waals surface area contributed by atoms with E-state index < -0.39 is 0 Å². The van der Waals surface area contributed by atoms with Crippen molar-refractivity contribution < 1.29 is 0 Å². The third-order valence-electron chi connectivity index (χ3n) is 4.33. The normalized spacial score (nSPS) is 12.5. The van der Waals surface area contributed by atoms with Crippen LogP contribution in [0.15, 0.2) is 30.3 Å². The first kappa shape index (κ1) is 17.3. The van der Waals surface area contributed by atoms with E-state index in [-0.39, 0.29) is 0 Å². The van der Waals surface area contributed by atoms with E-state index in [4.69, 9.17) is 0 Å². The first-order chi connectivity index (χ1) is 9.88. The van der Waals surface area contributed by atoms with Crippen molar-refractivity contribution in [1.29, 1.82) is 0 Å². The fourth-order valence-electron chi connectivity index (χ4n) is 3.00. The monoisotopic (exact) mass is 274 g/mol. The SMILES string of the molecule is CCCCCCCCCC(CCCC)c1ccccc1. The van der Waals surface area contributed by atoms with Gasteiger partial charge in [0.25, 0.3) is 0 Å². The predicted octanol–water partition coefficient (Wildman–Crippen LogP) is 7.10. The molecule has 0 aliphatic rings. The molecule has 1 aromatic rings. The summed E-state index contributed by atoms with van der Waals surface area (Å²) >= 11 is 0. The standard InChI is InChI=1S/C20H34/c1-3-5-7-8-9-10-12-16-19(15-6-4-2)20-17-13-11-14-18-20/h11,13-14,17-19H,3-10,12,15-16H2,1-2H3. The second-order valence-electron chi connectivity index (χ2n) is 6.16. The number of rotatable bonds is 12. The van der Waals surface area contributed by atoms with Crippen molar-refractivity contribution in [1.82, 2.24) is 0 Å². The lowest BCUT2D eigenvalue weighted by Gasteiger charge is -2.17. The molecule has 0 spiro atoms. The molecule has 0 saturated carbocycles. The Morgan fingerprint density at radius 1 is 0.650 bits per heavy atom. The van der Waals surface area contributed by atoms with E-state index >= 15 is 0 Å². The van der Waals surface area contributed by atoms with E-state index in [9.17, 15) is 0 Å². The Morgan fingerprint density at radius 2 is 1.20 bits per heavy atom. The Balaban J connectivity index is 2.24. The molecule has 1 rings (SSSR count). The summed E-state index contributed by atoms with van der Waals surface area (Å²) in [7, 11) is 0. The lowest BCUT2D eigenvalue weighted by molar-refractivity contribution is 0.500. The Hall–Kier alpha value is -0.780. The zero-order valence-electron chi connectivity index (χ0n) is 13.7. The molecule has 1 aromatic carbocycles. The number of unbranched alkanes of at least 4 members (excludes halogenated alkanes) is 7. The maximum Gasteiger partial charge on any atom is -0.0162 e. The van der Waals surface area contributed by atoms with Gasteiger partial charge in [0.1, 0.15) is 0 Å². The highest BCUT2D eigenvalue weighted by atomic mass is 14.1. The molecular formula is C20H34. The molecule has 0 heterocycles. The molecule has 0 amide bonds. The van der Waals surface area contributed by atoms with Crippen molar-refractivity contribution in [2.45, 2.75) is 90.4 Å². The zero-order chi connectivity index (χ0) is 14.5. The second kappa shape index (κ2) is 12.0. The first-order valence-corrected chi connectivity index (χ1v) is 8.93. The molecule has 0 aliphatic heterocycles. The largest absolute Gasteiger partial charge is 0.0654 e. The average molecular weight is 274 g/mol. The van der Waals surface area contributed by atoms with Gasteiger partial charge in [-0.2, -0.15) is 0 Å². The molecule has 0 radical (unpaired) electrons. The molecule has 1 atom stereocenters. The third-order valence-corrected chi connectivity index (χ3v) is 4.33. The zero-order valence-corrected chi connectivity index (χ0v) is 13.7. The Bertz CT molecular complexity index is 301. The van der Waals surface area contributed by atoms with E-state index in [0.29, 0.717) is 0 Å². The van der Waals surface area contributed by atoms with Crippen molar-refractivity contribution in [2.75, 3.05) is 0 Å². The lowest BCUT2D eigenvalue weighted by atomic mass is 9.88. The van der Waals surface area contributed by atoms with Gasteiger partial charge < -0.3 is 0 Å². The Labute approximate surface area is 127 Å². The van der Waals surface area contributed by atoms with E-state index in [1.807, 2.05) is 0 Å². The van der Waals surface area contributed by atoms with Gasteiger partial charge in [0.05, 0.1) is 0 Å². The molecular weight excluding hydrogens is 240 g/mol.